The zero-order valence-corrected chi connectivity index (χ0v) is 18.6. The Morgan fingerprint density at radius 3 is 2.30 bits per heavy atom. The molecule has 1 unspecified atom stereocenters. The molecule has 1 rings (SSSR count). The van der Waals surface area contributed by atoms with E-state index in [1.54, 1.807) is 32.9 Å². The fourth-order valence-corrected chi connectivity index (χ4v) is 3.52. The van der Waals surface area contributed by atoms with Crippen LogP contribution >= 0.6 is 0 Å². The highest BCUT2D eigenvalue weighted by atomic mass is 32.2. The Labute approximate surface area is 177 Å². The zero-order chi connectivity index (χ0) is 22.9. The van der Waals surface area contributed by atoms with E-state index in [1.807, 2.05) is 6.92 Å². The molecule has 0 fully saturated rings. The van der Waals surface area contributed by atoms with Gasteiger partial charge in [-0.2, -0.15) is 0 Å². The Morgan fingerprint density at radius 2 is 1.77 bits per heavy atom. The van der Waals surface area contributed by atoms with Gasteiger partial charge < -0.3 is 15.2 Å². The minimum Gasteiger partial charge on any atom is -0.481 e. The van der Waals surface area contributed by atoms with Gasteiger partial charge in [-0.05, 0) is 59.1 Å². The lowest BCUT2D eigenvalue weighted by Gasteiger charge is -2.24. The number of carboxylic acids is 1. The van der Waals surface area contributed by atoms with Crippen LogP contribution < -0.4 is 10.0 Å². The molecule has 0 saturated carbocycles. The maximum absolute atomic E-state index is 12.3. The molecule has 0 amide bonds. The molecule has 0 heterocycles. The van der Waals surface area contributed by atoms with Crippen molar-refractivity contribution in [3.8, 4) is 0 Å². The number of guanidine groups is 1. The van der Waals surface area contributed by atoms with E-state index >= 15 is 0 Å². The molecule has 1 aromatic carbocycles. The van der Waals surface area contributed by atoms with Crippen LogP contribution in [0.25, 0.3) is 0 Å². The van der Waals surface area contributed by atoms with Crippen LogP contribution in [0.3, 0.4) is 0 Å². The normalized spacial score (nSPS) is 12.7. The largest absolute Gasteiger partial charge is 0.481 e. The molecule has 4 N–H and O–H groups in total. The second-order valence-corrected chi connectivity index (χ2v) is 9.71. The third-order valence-electron chi connectivity index (χ3n) is 4.05. The molecule has 0 aliphatic rings. The lowest BCUT2D eigenvalue weighted by atomic mass is 9.97. The molecule has 9 nitrogen and oxygen atoms in total. The van der Waals surface area contributed by atoms with Gasteiger partial charge in [0, 0.05) is 13.0 Å². The number of sulfonamides is 1. The van der Waals surface area contributed by atoms with Crippen LogP contribution in [0.15, 0.2) is 29.2 Å². The van der Waals surface area contributed by atoms with Crippen molar-refractivity contribution in [2.75, 3.05) is 6.54 Å². The standard InChI is InChI=1S/C20H31N3O6S/c1-14-7-10-16(11-8-14)30(27,28)23-19(21)22-13-5-6-15(9-12-17(24)25)18(26)29-20(2,3)4/h7-8,10-11,15H,5-6,9,12-13H2,1-4H3,(H,24,25)(H3,21,22,23). The number of carbonyl (C=O) groups excluding carboxylic acids is 1. The first-order valence-electron chi connectivity index (χ1n) is 9.67. The van der Waals surface area contributed by atoms with E-state index in [2.05, 4.69) is 10.0 Å². The first-order valence-corrected chi connectivity index (χ1v) is 11.1. The average Bonchev–Trinajstić information content (AvgIpc) is 2.59. The van der Waals surface area contributed by atoms with E-state index in [-0.39, 0.29) is 30.2 Å². The van der Waals surface area contributed by atoms with Gasteiger partial charge in [-0.25, -0.2) is 13.1 Å². The Morgan fingerprint density at radius 1 is 1.17 bits per heavy atom. The summed E-state index contributed by atoms with van der Waals surface area (Å²) in [5, 5.41) is 19.3. The molecule has 0 saturated heterocycles. The first-order chi connectivity index (χ1) is 13.8. The minimum atomic E-state index is -3.86. The highest BCUT2D eigenvalue weighted by molar-refractivity contribution is 7.90. The molecule has 0 bridgehead atoms. The molecular weight excluding hydrogens is 410 g/mol. The molecule has 30 heavy (non-hydrogen) atoms. The highest BCUT2D eigenvalue weighted by Gasteiger charge is 2.25. The molecule has 0 spiro atoms. The van der Waals surface area contributed by atoms with Gasteiger partial charge in [-0.1, -0.05) is 17.7 Å². The van der Waals surface area contributed by atoms with Crippen molar-refractivity contribution >= 4 is 27.9 Å². The number of nitrogens with one attached hydrogen (secondary N) is 3. The smallest absolute Gasteiger partial charge is 0.309 e. The van der Waals surface area contributed by atoms with Gasteiger partial charge in [0.1, 0.15) is 5.60 Å². The third-order valence-corrected chi connectivity index (χ3v) is 5.41. The van der Waals surface area contributed by atoms with Crippen LogP contribution in [-0.4, -0.2) is 43.6 Å². The van der Waals surface area contributed by atoms with E-state index < -0.39 is 33.5 Å². The van der Waals surface area contributed by atoms with Crippen LogP contribution in [0.4, 0.5) is 0 Å². The molecule has 0 radical (unpaired) electrons. The summed E-state index contributed by atoms with van der Waals surface area (Å²) in [7, 11) is -3.86. The number of hydrogen-bond acceptors (Lipinski definition) is 6. The maximum atomic E-state index is 12.3. The van der Waals surface area contributed by atoms with Crippen molar-refractivity contribution in [2.45, 2.75) is 63.9 Å². The second-order valence-electron chi connectivity index (χ2n) is 8.03. The van der Waals surface area contributed by atoms with Gasteiger partial charge in [0.05, 0.1) is 10.8 Å². The van der Waals surface area contributed by atoms with Crippen molar-refractivity contribution in [2.24, 2.45) is 5.92 Å². The summed E-state index contributed by atoms with van der Waals surface area (Å²) in [6.45, 7) is 7.29. The number of benzene rings is 1. The van der Waals surface area contributed by atoms with Gasteiger partial charge in [0.2, 0.25) is 5.96 Å². The van der Waals surface area contributed by atoms with Crippen molar-refractivity contribution < 1.29 is 27.9 Å². The summed E-state index contributed by atoms with van der Waals surface area (Å²) < 4.78 is 32.0. The van der Waals surface area contributed by atoms with E-state index in [0.29, 0.717) is 12.8 Å². The molecule has 168 valence electrons. The summed E-state index contributed by atoms with van der Waals surface area (Å²) in [6.07, 6.45) is 0.788. The van der Waals surface area contributed by atoms with Crippen LogP contribution in [0.5, 0.6) is 0 Å². The summed E-state index contributed by atoms with van der Waals surface area (Å²) in [4.78, 5) is 23.2. The number of aryl methyl sites for hydroxylation is 1. The Balaban J connectivity index is 2.54. The van der Waals surface area contributed by atoms with E-state index in [4.69, 9.17) is 15.3 Å². The van der Waals surface area contributed by atoms with E-state index in [9.17, 15) is 18.0 Å². The molecule has 1 aromatic rings. The number of esters is 1. The number of rotatable bonds is 10. The fourth-order valence-electron chi connectivity index (χ4n) is 2.57. The topological polar surface area (TPSA) is 146 Å². The minimum absolute atomic E-state index is 0.0540. The van der Waals surface area contributed by atoms with Crippen LogP contribution in [0, 0.1) is 18.3 Å². The number of carbonyl (C=O) groups is 2. The summed E-state index contributed by atoms with van der Waals surface area (Å²) >= 11 is 0. The predicted octanol–water partition coefficient (Wildman–Crippen LogP) is 2.40. The van der Waals surface area contributed by atoms with Crippen molar-refractivity contribution in [3.63, 3.8) is 0 Å². The number of hydrogen-bond donors (Lipinski definition) is 4. The molecule has 0 aliphatic heterocycles. The van der Waals surface area contributed by atoms with Crippen LogP contribution in [0.2, 0.25) is 0 Å². The van der Waals surface area contributed by atoms with Crippen LogP contribution in [0.1, 0.15) is 52.0 Å². The number of carboxylic acid groups (broad SMARTS) is 1. The molecule has 1 atom stereocenters. The number of ether oxygens (including phenoxy) is 1. The maximum Gasteiger partial charge on any atom is 0.309 e. The molecular formula is C20H31N3O6S. The van der Waals surface area contributed by atoms with Gasteiger partial charge >= 0.3 is 11.9 Å². The van der Waals surface area contributed by atoms with Gasteiger partial charge in [0.25, 0.3) is 10.0 Å². The SMILES string of the molecule is Cc1ccc(S(=O)(=O)NC(=N)NCCCC(CCC(=O)O)C(=O)OC(C)(C)C)cc1. The lowest BCUT2D eigenvalue weighted by Crippen LogP contribution is -2.40. The molecule has 0 aliphatic carbocycles. The van der Waals surface area contributed by atoms with E-state index in [0.717, 1.165) is 5.56 Å². The summed E-state index contributed by atoms with van der Waals surface area (Å²) in [6, 6.07) is 6.25. The molecule has 0 aromatic heterocycles. The predicted molar refractivity (Wildman–Crippen MR) is 113 cm³/mol. The van der Waals surface area contributed by atoms with Crippen molar-refractivity contribution in [1.29, 1.82) is 5.41 Å². The Bertz CT molecular complexity index is 844. The van der Waals surface area contributed by atoms with Crippen LogP contribution in [-0.2, 0) is 24.3 Å². The quantitative estimate of drug-likeness (QED) is 0.189. The third kappa shape index (κ3) is 9.73. The highest BCUT2D eigenvalue weighted by Crippen LogP contribution is 2.19. The van der Waals surface area contributed by atoms with E-state index in [1.165, 1.54) is 12.1 Å². The zero-order valence-electron chi connectivity index (χ0n) is 17.8. The van der Waals surface area contributed by atoms with Gasteiger partial charge in [-0.3, -0.25) is 15.0 Å². The summed E-state index contributed by atoms with van der Waals surface area (Å²) in [5.41, 5.74) is 0.247. The monoisotopic (exact) mass is 441 g/mol. The molecule has 10 heteroatoms. The van der Waals surface area contributed by atoms with Gasteiger partial charge in [-0.15, -0.1) is 0 Å². The second kappa shape index (κ2) is 11.0. The van der Waals surface area contributed by atoms with Crippen molar-refractivity contribution in [1.82, 2.24) is 10.0 Å². The summed E-state index contributed by atoms with van der Waals surface area (Å²) in [5.74, 6) is -2.41. The number of aliphatic carboxylic acids is 1. The Kier molecular flexibility index (Phi) is 9.28. The average molecular weight is 442 g/mol. The lowest BCUT2D eigenvalue weighted by molar-refractivity contribution is -0.160. The van der Waals surface area contributed by atoms with Gasteiger partial charge in [0.15, 0.2) is 0 Å². The Hall–Kier alpha value is -2.62. The fraction of sp³-hybridized carbons (Fsp3) is 0.550. The van der Waals surface area contributed by atoms with Crippen molar-refractivity contribution in [3.05, 3.63) is 29.8 Å². The first kappa shape index (κ1) is 25.4.